The molecule has 0 aliphatic carbocycles. The fourth-order valence-corrected chi connectivity index (χ4v) is 2.85. The van der Waals surface area contributed by atoms with E-state index >= 15 is 0 Å². The summed E-state index contributed by atoms with van der Waals surface area (Å²) in [4.78, 5) is 25.6. The molecule has 1 heterocycles. The van der Waals surface area contributed by atoms with Crippen LogP contribution >= 0.6 is 0 Å². The van der Waals surface area contributed by atoms with Gasteiger partial charge in [0, 0.05) is 30.8 Å². The van der Waals surface area contributed by atoms with Crippen molar-refractivity contribution in [3.8, 4) is 0 Å². The predicted octanol–water partition coefficient (Wildman–Crippen LogP) is 3.52. The van der Waals surface area contributed by atoms with Gasteiger partial charge in [0.15, 0.2) is 0 Å². The molecule has 5 heteroatoms. The summed E-state index contributed by atoms with van der Waals surface area (Å²) in [7, 11) is 0. The molecular formula is C19H19FN2O2. The number of hydrogen-bond donors (Lipinski definition) is 1. The van der Waals surface area contributed by atoms with Crippen LogP contribution in [0.2, 0.25) is 0 Å². The maximum absolute atomic E-state index is 13.1. The van der Waals surface area contributed by atoms with Gasteiger partial charge in [0.25, 0.3) is 0 Å². The fourth-order valence-electron chi connectivity index (χ4n) is 2.85. The second-order valence-corrected chi connectivity index (χ2v) is 5.88. The molecule has 1 N–H and O–H groups in total. The zero-order valence-corrected chi connectivity index (χ0v) is 13.3. The van der Waals surface area contributed by atoms with Gasteiger partial charge >= 0.3 is 0 Å². The lowest BCUT2D eigenvalue weighted by Gasteiger charge is -2.16. The normalized spacial score (nSPS) is 14.0. The van der Waals surface area contributed by atoms with Crippen molar-refractivity contribution in [3.05, 3.63) is 59.9 Å². The second-order valence-electron chi connectivity index (χ2n) is 5.88. The SMILES string of the molecule is O=C(CCc1cccc(F)c1)Nc1cccc(N2CCCC2=O)c1. The highest BCUT2D eigenvalue weighted by atomic mass is 19.1. The first kappa shape index (κ1) is 16.2. The van der Waals surface area contributed by atoms with Crippen LogP contribution in [0.4, 0.5) is 15.8 Å². The summed E-state index contributed by atoms with van der Waals surface area (Å²) in [6, 6.07) is 13.6. The Bertz CT molecular complexity index is 761. The topological polar surface area (TPSA) is 49.4 Å². The van der Waals surface area contributed by atoms with Crippen LogP contribution in [0, 0.1) is 5.82 Å². The number of carbonyl (C=O) groups is 2. The van der Waals surface area contributed by atoms with Crippen molar-refractivity contribution >= 4 is 23.2 Å². The largest absolute Gasteiger partial charge is 0.326 e. The van der Waals surface area contributed by atoms with E-state index in [1.54, 1.807) is 23.1 Å². The number of nitrogens with one attached hydrogen (secondary N) is 1. The van der Waals surface area contributed by atoms with E-state index in [-0.39, 0.29) is 24.1 Å². The van der Waals surface area contributed by atoms with Crippen molar-refractivity contribution in [2.45, 2.75) is 25.7 Å². The Balaban J connectivity index is 1.59. The van der Waals surface area contributed by atoms with Gasteiger partial charge in [-0.15, -0.1) is 0 Å². The highest BCUT2D eigenvalue weighted by Crippen LogP contribution is 2.24. The first-order chi connectivity index (χ1) is 11.6. The molecule has 0 radical (unpaired) electrons. The Hall–Kier alpha value is -2.69. The molecule has 0 bridgehead atoms. The third-order valence-corrected chi connectivity index (χ3v) is 4.04. The van der Waals surface area contributed by atoms with E-state index in [2.05, 4.69) is 5.32 Å². The number of nitrogens with zero attached hydrogens (tertiary/aromatic N) is 1. The maximum atomic E-state index is 13.1. The number of carbonyl (C=O) groups excluding carboxylic acids is 2. The smallest absolute Gasteiger partial charge is 0.227 e. The monoisotopic (exact) mass is 326 g/mol. The van der Waals surface area contributed by atoms with E-state index in [1.807, 2.05) is 18.2 Å². The summed E-state index contributed by atoms with van der Waals surface area (Å²) in [5.74, 6) is -0.315. The molecule has 1 aliphatic heterocycles. The molecule has 24 heavy (non-hydrogen) atoms. The Morgan fingerprint density at radius 3 is 2.75 bits per heavy atom. The molecule has 2 aromatic carbocycles. The summed E-state index contributed by atoms with van der Waals surface area (Å²) in [5, 5.41) is 2.83. The van der Waals surface area contributed by atoms with Crippen LogP contribution in [0.15, 0.2) is 48.5 Å². The zero-order valence-electron chi connectivity index (χ0n) is 13.3. The van der Waals surface area contributed by atoms with Crippen LogP contribution in [-0.2, 0) is 16.0 Å². The van der Waals surface area contributed by atoms with Crippen LogP contribution in [0.3, 0.4) is 0 Å². The number of rotatable bonds is 5. The summed E-state index contributed by atoms with van der Waals surface area (Å²) in [6.45, 7) is 0.718. The van der Waals surface area contributed by atoms with Crippen LogP contribution in [0.1, 0.15) is 24.8 Å². The molecule has 2 aromatic rings. The number of halogens is 1. The molecule has 0 aromatic heterocycles. The molecule has 4 nitrogen and oxygen atoms in total. The van der Waals surface area contributed by atoms with E-state index in [0.717, 1.165) is 24.2 Å². The Morgan fingerprint density at radius 2 is 2.00 bits per heavy atom. The quantitative estimate of drug-likeness (QED) is 0.914. The highest BCUT2D eigenvalue weighted by Gasteiger charge is 2.21. The van der Waals surface area contributed by atoms with Crippen LogP contribution in [0.5, 0.6) is 0 Å². The fraction of sp³-hybridized carbons (Fsp3) is 0.263. The molecule has 0 spiro atoms. The van der Waals surface area contributed by atoms with Gasteiger partial charge in [-0.2, -0.15) is 0 Å². The Kier molecular flexibility index (Phi) is 4.89. The lowest BCUT2D eigenvalue weighted by Crippen LogP contribution is -2.23. The average Bonchev–Trinajstić information content (AvgIpc) is 2.99. The van der Waals surface area contributed by atoms with Gasteiger partial charge < -0.3 is 10.2 Å². The number of amides is 2. The number of aryl methyl sites for hydroxylation is 1. The van der Waals surface area contributed by atoms with Gasteiger partial charge in [-0.05, 0) is 48.7 Å². The van der Waals surface area contributed by atoms with Gasteiger partial charge in [0.05, 0.1) is 0 Å². The van der Waals surface area contributed by atoms with Gasteiger partial charge in [-0.25, -0.2) is 4.39 Å². The third kappa shape index (κ3) is 3.98. The Morgan fingerprint density at radius 1 is 1.17 bits per heavy atom. The highest BCUT2D eigenvalue weighted by molar-refractivity contribution is 5.97. The van der Waals surface area contributed by atoms with Gasteiger partial charge in [0.1, 0.15) is 5.82 Å². The summed E-state index contributed by atoms with van der Waals surface area (Å²) < 4.78 is 13.1. The Labute approximate surface area is 140 Å². The number of benzene rings is 2. The average molecular weight is 326 g/mol. The molecule has 1 aliphatic rings. The van der Waals surface area contributed by atoms with Crippen LogP contribution < -0.4 is 10.2 Å². The van der Waals surface area contributed by atoms with Gasteiger partial charge in [0.2, 0.25) is 11.8 Å². The molecule has 2 amide bonds. The molecular weight excluding hydrogens is 307 g/mol. The third-order valence-electron chi connectivity index (χ3n) is 4.04. The molecule has 1 fully saturated rings. The van der Waals surface area contributed by atoms with Gasteiger partial charge in [-0.1, -0.05) is 18.2 Å². The van der Waals surface area contributed by atoms with E-state index in [1.165, 1.54) is 12.1 Å². The molecule has 0 saturated carbocycles. The standard InChI is InChI=1S/C19H19FN2O2/c20-15-5-1-4-14(12-15)9-10-18(23)21-16-6-2-7-17(13-16)22-11-3-8-19(22)24/h1-2,4-7,12-13H,3,8-11H2,(H,21,23). The van der Waals surface area contributed by atoms with Crippen molar-refractivity contribution in [2.24, 2.45) is 0 Å². The van der Waals surface area contributed by atoms with Crippen molar-refractivity contribution in [2.75, 3.05) is 16.8 Å². The minimum atomic E-state index is -0.295. The molecule has 3 rings (SSSR count). The maximum Gasteiger partial charge on any atom is 0.227 e. The molecule has 1 saturated heterocycles. The first-order valence-electron chi connectivity index (χ1n) is 8.06. The predicted molar refractivity (Wildman–Crippen MR) is 91.4 cm³/mol. The molecule has 0 atom stereocenters. The zero-order chi connectivity index (χ0) is 16.9. The summed E-state index contributed by atoms with van der Waals surface area (Å²) in [6.07, 6.45) is 2.19. The summed E-state index contributed by atoms with van der Waals surface area (Å²) in [5.41, 5.74) is 2.26. The molecule has 0 unspecified atom stereocenters. The van der Waals surface area contributed by atoms with Gasteiger partial charge in [-0.3, -0.25) is 9.59 Å². The van der Waals surface area contributed by atoms with Crippen molar-refractivity contribution < 1.29 is 14.0 Å². The number of hydrogen-bond acceptors (Lipinski definition) is 2. The van der Waals surface area contributed by atoms with Crippen LogP contribution in [-0.4, -0.2) is 18.4 Å². The first-order valence-corrected chi connectivity index (χ1v) is 8.06. The van der Waals surface area contributed by atoms with Crippen molar-refractivity contribution in [1.82, 2.24) is 0 Å². The van der Waals surface area contributed by atoms with Crippen LogP contribution in [0.25, 0.3) is 0 Å². The number of anilines is 2. The lowest BCUT2D eigenvalue weighted by atomic mass is 10.1. The van der Waals surface area contributed by atoms with E-state index in [9.17, 15) is 14.0 Å². The van der Waals surface area contributed by atoms with E-state index < -0.39 is 0 Å². The van der Waals surface area contributed by atoms with E-state index in [0.29, 0.717) is 18.5 Å². The second kappa shape index (κ2) is 7.25. The van der Waals surface area contributed by atoms with E-state index in [4.69, 9.17) is 0 Å². The molecule has 124 valence electrons. The minimum absolute atomic E-state index is 0.115. The summed E-state index contributed by atoms with van der Waals surface area (Å²) >= 11 is 0. The van der Waals surface area contributed by atoms with Crippen molar-refractivity contribution in [3.63, 3.8) is 0 Å². The minimum Gasteiger partial charge on any atom is -0.326 e. The lowest BCUT2D eigenvalue weighted by molar-refractivity contribution is -0.117. The van der Waals surface area contributed by atoms with Crippen molar-refractivity contribution in [1.29, 1.82) is 0 Å².